The van der Waals surface area contributed by atoms with E-state index in [9.17, 15) is 19.6 Å². The van der Waals surface area contributed by atoms with E-state index in [0.717, 1.165) is 27.8 Å². The Kier molecular flexibility index (Phi) is 14.8. The third-order valence-corrected chi connectivity index (χ3v) is 14.2. The van der Waals surface area contributed by atoms with Gasteiger partial charge in [-0.25, -0.2) is 9.46 Å². The van der Waals surface area contributed by atoms with Gasteiger partial charge in [-0.1, -0.05) is 96.8 Å². The molecule has 68 heavy (non-hydrogen) atoms. The predicted molar refractivity (Wildman–Crippen MR) is 259 cm³/mol. The second-order valence-corrected chi connectivity index (χ2v) is 18.4. The van der Waals surface area contributed by atoms with Crippen LogP contribution in [0.3, 0.4) is 0 Å². The molecule has 1 aliphatic heterocycles. The number of carbonyl (C=O) groups is 1. The van der Waals surface area contributed by atoms with E-state index in [1.807, 2.05) is 103 Å². The Bertz CT molecular complexity index is 2920. The molecule has 0 saturated carbocycles. The smallest absolute Gasteiger partial charge is 0.330 e. The van der Waals surface area contributed by atoms with E-state index in [1.165, 1.54) is 10.8 Å². The van der Waals surface area contributed by atoms with E-state index in [0.29, 0.717) is 28.2 Å². The minimum absolute atomic E-state index is 0.00829. The fraction of sp³-hybridized carbons (Fsp3) is 0.296. The van der Waals surface area contributed by atoms with E-state index < -0.39 is 43.8 Å². The SMILES string of the molecule is COc1ccc(C(OC[C@H]2O[C@@H](n3cc(C#Cc4ccc5c(c4)C(=O)c4ccccc4-5)c(=O)[nH]c3=O)C[C@@H]2OP(OCCC#N)N(C(C)C)C(C)C)(c2ccccc2)c2ccc(OC)cc2)cc1. The molecule has 0 spiro atoms. The van der Waals surface area contributed by atoms with Crippen molar-refractivity contribution in [2.24, 2.45) is 0 Å². The molecule has 0 bridgehead atoms. The van der Waals surface area contributed by atoms with Crippen LogP contribution in [-0.4, -0.2) is 71.7 Å². The lowest BCUT2D eigenvalue weighted by molar-refractivity contribution is -0.0925. The summed E-state index contributed by atoms with van der Waals surface area (Å²) in [5, 5.41) is 9.45. The van der Waals surface area contributed by atoms with Gasteiger partial charge in [-0.2, -0.15) is 5.26 Å². The van der Waals surface area contributed by atoms with Crippen molar-refractivity contribution >= 4 is 14.3 Å². The van der Waals surface area contributed by atoms with Crippen LogP contribution in [0, 0.1) is 23.2 Å². The van der Waals surface area contributed by atoms with E-state index in [2.05, 4.69) is 55.3 Å². The number of aromatic nitrogens is 2. The van der Waals surface area contributed by atoms with Gasteiger partial charge >= 0.3 is 5.69 Å². The first-order valence-electron chi connectivity index (χ1n) is 22.5. The second-order valence-electron chi connectivity index (χ2n) is 17.0. The standard InChI is InChI=1S/C54H53N4O9P/c1-35(2)58(36(3)4)68(65-30-12-29-55)67-48-32-50(57-33-38(52(60)56-53(57)61)19-17-37-18-28-45-44-15-10-11-16-46(44)51(59)47(45)31-37)66-49(48)34-64-54(39-13-8-7-9-14-39,40-20-24-42(62-5)25-21-40)41-22-26-43(63-6)27-23-41/h7-11,13-16,18,20-28,31,33,35-36,48-50H,12,30,32,34H2,1-6H3,(H,56,60,61)/t48-,49+,50+,68?/m0/s1. The molecule has 1 fully saturated rings. The van der Waals surface area contributed by atoms with Gasteiger partial charge in [0.25, 0.3) is 14.1 Å². The Morgan fingerprint density at radius 2 is 1.38 bits per heavy atom. The van der Waals surface area contributed by atoms with Gasteiger partial charge in [0.05, 0.1) is 46.0 Å². The van der Waals surface area contributed by atoms with Gasteiger partial charge in [0.2, 0.25) is 0 Å². The highest BCUT2D eigenvalue weighted by atomic mass is 31.2. The molecular formula is C54H53N4O9P. The summed E-state index contributed by atoms with van der Waals surface area (Å²) in [5.74, 6) is 7.24. The highest BCUT2D eigenvalue weighted by Crippen LogP contribution is 2.51. The van der Waals surface area contributed by atoms with Crippen LogP contribution in [0.5, 0.6) is 11.5 Å². The molecule has 5 aromatic carbocycles. The zero-order chi connectivity index (χ0) is 48.0. The molecule has 348 valence electrons. The highest BCUT2D eigenvalue weighted by molar-refractivity contribution is 7.44. The fourth-order valence-corrected chi connectivity index (χ4v) is 10.6. The van der Waals surface area contributed by atoms with Crippen LogP contribution in [0.2, 0.25) is 0 Å². The maximum absolute atomic E-state index is 13.8. The topological polar surface area (TPSA) is 154 Å². The van der Waals surface area contributed by atoms with E-state index in [-0.39, 0.29) is 49.5 Å². The molecule has 8 rings (SSSR count). The lowest BCUT2D eigenvalue weighted by Gasteiger charge is -2.39. The summed E-state index contributed by atoms with van der Waals surface area (Å²) in [4.78, 5) is 42.8. The summed E-state index contributed by atoms with van der Waals surface area (Å²) in [6.07, 6.45) is -0.726. The number of nitrogens with zero attached hydrogens (tertiary/aromatic N) is 3. The monoisotopic (exact) mass is 932 g/mol. The number of H-pyrrole nitrogens is 1. The van der Waals surface area contributed by atoms with Crippen molar-refractivity contribution < 1.29 is 32.8 Å². The molecule has 6 aromatic rings. The number of methoxy groups -OCH3 is 2. The Hall–Kier alpha value is -6.67. The normalized spacial score (nSPS) is 16.8. The van der Waals surface area contributed by atoms with Crippen LogP contribution < -0.4 is 20.7 Å². The Balaban J connectivity index is 1.18. The number of nitrogens with one attached hydrogen (secondary N) is 1. The van der Waals surface area contributed by atoms with Gasteiger partial charge in [0, 0.05) is 41.4 Å². The van der Waals surface area contributed by atoms with E-state index in [4.69, 9.17) is 28.0 Å². The molecule has 1 unspecified atom stereocenters. The first-order valence-corrected chi connectivity index (χ1v) is 23.6. The average molecular weight is 933 g/mol. The maximum Gasteiger partial charge on any atom is 0.330 e. The molecule has 0 radical (unpaired) electrons. The van der Waals surface area contributed by atoms with Gasteiger partial charge in [0.15, 0.2) is 5.78 Å². The summed E-state index contributed by atoms with van der Waals surface area (Å²) >= 11 is 0. The molecule has 0 amide bonds. The fourth-order valence-electron chi connectivity index (χ4n) is 8.86. The molecule has 4 atom stereocenters. The number of benzene rings is 5. The van der Waals surface area contributed by atoms with E-state index in [1.54, 1.807) is 32.4 Å². The van der Waals surface area contributed by atoms with Gasteiger partial charge in [0.1, 0.15) is 35.0 Å². The van der Waals surface area contributed by atoms with Gasteiger partial charge in [-0.15, -0.1) is 0 Å². The molecule has 1 aromatic heterocycles. The number of ether oxygens (including phenoxy) is 4. The van der Waals surface area contributed by atoms with Crippen LogP contribution in [0.15, 0.2) is 137 Å². The van der Waals surface area contributed by atoms with Gasteiger partial charge in [-0.3, -0.25) is 19.1 Å². The highest BCUT2D eigenvalue weighted by Gasteiger charge is 2.45. The summed E-state index contributed by atoms with van der Waals surface area (Å²) in [7, 11) is 1.47. The number of fused-ring (bicyclic) bond motifs is 3. The van der Waals surface area contributed by atoms with Crippen molar-refractivity contribution in [1.82, 2.24) is 14.2 Å². The van der Waals surface area contributed by atoms with Crippen LogP contribution in [0.1, 0.15) is 90.5 Å². The van der Waals surface area contributed by atoms with Crippen molar-refractivity contribution in [3.63, 3.8) is 0 Å². The number of hydrogen-bond donors (Lipinski definition) is 1. The molecule has 14 heteroatoms. The second kappa shape index (κ2) is 21.1. The van der Waals surface area contributed by atoms with Crippen LogP contribution in [-0.2, 0) is 24.1 Å². The molecule has 2 heterocycles. The number of ketones is 1. The van der Waals surface area contributed by atoms with Crippen molar-refractivity contribution in [2.45, 2.75) is 76.7 Å². The number of nitriles is 1. The summed E-state index contributed by atoms with van der Waals surface area (Å²) < 4.78 is 42.1. The molecule has 1 N–H and O–H groups in total. The first kappa shape index (κ1) is 47.8. The minimum Gasteiger partial charge on any atom is -0.497 e. The summed E-state index contributed by atoms with van der Waals surface area (Å²) in [5.41, 5.74) is 3.32. The van der Waals surface area contributed by atoms with Crippen LogP contribution >= 0.6 is 8.53 Å². The molecule has 1 aliphatic carbocycles. The molecular weight excluding hydrogens is 880 g/mol. The maximum atomic E-state index is 13.8. The Morgan fingerprint density at radius 1 is 0.779 bits per heavy atom. The lowest BCUT2D eigenvalue weighted by Crippen LogP contribution is -2.39. The number of hydrogen-bond acceptors (Lipinski definition) is 11. The van der Waals surface area contributed by atoms with Crippen molar-refractivity contribution in [3.8, 4) is 40.5 Å². The van der Waals surface area contributed by atoms with Crippen LogP contribution in [0.25, 0.3) is 11.1 Å². The average Bonchev–Trinajstić information content (AvgIpc) is 3.88. The molecule has 1 saturated heterocycles. The van der Waals surface area contributed by atoms with Crippen molar-refractivity contribution in [1.29, 1.82) is 5.26 Å². The lowest BCUT2D eigenvalue weighted by atomic mass is 9.80. The van der Waals surface area contributed by atoms with Gasteiger partial charge in [-0.05, 0) is 91.9 Å². The largest absolute Gasteiger partial charge is 0.497 e. The Labute approximate surface area is 397 Å². The minimum atomic E-state index is -1.77. The zero-order valence-corrected chi connectivity index (χ0v) is 39.7. The Morgan fingerprint density at radius 3 is 2.00 bits per heavy atom. The third-order valence-electron chi connectivity index (χ3n) is 12.1. The number of rotatable bonds is 17. The summed E-state index contributed by atoms with van der Waals surface area (Å²) in [6.45, 7) is 8.34. The molecule has 2 aliphatic rings. The zero-order valence-electron chi connectivity index (χ0n) is 38.8. The quantitative estimate of drug-likeness (QED) is 0.0403. The predicted octanol–water partition coefficient (Wildman–Crippen LogP) is 9.12. The van der Waals surface area contributed by atoms with Crippen molar-refractivity contribution in [2.75, 3.05) is 27.4 Å². The molecule has 13 nitrogen and oxygen atoms in total. The van der Waals surface area contributed by atoms with Crippen LogP contribution in [0.4, 0.5) is 0 Å². The third kappa shape index (κ3) is 9.83. The van der Waals surface area contributed by atoms with E-state index >= 15 is 0 Å². The van der Waals surface area contributed by atoms with Gasteiger partial charge < -0.3 is 28.0 Å². The summed E-state index contributed by atoms with van der Waals surface area (Å²) in [6, 6.07) is 40.3. The first-order chi connectivity index (χ1) is 32.9. The van der Waals surface area contributed by atoms with Crippen molar-refractivity contribution in [3.05, 3.63) is 187 Å². The number of carbonyl (C=O) groups excluding carboxylic acids is 1. The number of aromatic amines is 1.